The highest BCUT2D eigenvalue weighted by Crippen LogP contribution is 2.18. The maximum absolute atomic E-state index is 9.65. The van der Waals surface area contributed by atoms with Crippen LogP contribution >= 0.6 is 11.8 Å². The summed E-state index contributed by atoms with van der Waals surface area (Å²) in [5.74, 6) is 3.32. The van der Waals surface area contributed by atoms with Crippen molar-refractivity contribution < 1.29 is 9.84 Å². The van der Waals surface area contributed by atoms with Crippen molar-refractivity contribution >= 4 is 11.8 Å². The molecule has 0 saturated carbocycles. The lowest BCUT2D eigenvalue weighted by Crippen LogP contribution is -2.14. The Hall–Kier alpha value is -0.150. The summed E-state index contributed by atoms with van der Waals surface area (Å²) in [6.45, 7) is 5.11. The number of hydrogen-bond acceptors (Lipinski definition) is 3. The Kier molecular flexibility index (Phi) is 4.67. The molecule has 1 N–H and O–H groups in total. The van der Waals surface area contributed by atoms with E-state index in [9.17, 15) is 5.11 Å². The van der Waals surface area contributed by atoms with Gasteiger partial charge in [0, 0.05) is 12.2 Å². The highest BCUT2D eigenvalue weighted by molar-refractivity contribution is 7.99. The van der Waals surface area contributed by atoms with E-state index in [-0.39, 0.29) is 0 Å². The molecule has 0 fully saturated rings. The van der Waals surface area contributed by atoms with Gasteiger partial charge in [-0.2, -0.15) is 11.8 Å². The molecule has 1 aliphatic rings. The molecule has 0 bridgehead atoms. The topological polar surface area (TPSA) is 29.5 Å². The van der Waals surface area contributed by atoms with Crippen LogP contribution in [-0.4, -0.2) is 29.3 Å². The Morgan fingerprint density at radius 2 is 2.31 bits per heavy atom. The molecule has 76 valence electrons. The number of aliphatic hydroxyl groups is 1. The van der Waals surface area contributed by atoms with E-state index in [0.717, 1.165) is 30.3 Å². The first-order valence-corrected chi connectivity index (χ1v) is 5.94. The highest BCUT2D eigenvalue weighted by Gasteiger charge is 2.15. The van der Waals surface area contributed by atoms with E-state index in [2.05, 4.69) is 13.8 Å². The number of aliphatic hydroxyl groups excluding tert-OH is 1. The number of rotatable bonds is 5. The third kappa shape index (κ3) is 4.05. The Bertz CT molecular complexity index is 178. The zero-order valence-corrected chi connectivity index (χ0v) is 9.14. The summed E-state index contributed by atoms with van der Waals surface area (Å²) >= 11 is 1.79. The summed E-state index contributed by atoms with van der Waals surface area (Å²) in [7, 11) is 0. The predicted molar refractivity (Wildman–Crippen MR) is 56.8 cm³/mol. The minimum atomic E-state index is -0.397. The van der Waals surface area contributed by atoms with Gasteiger partial charge in [-0.15, -0.1) is 0 Å². The fourth-order valence-corrected chi connectivity index (χ4v) is 2.16. The van der Waals surface area contributed by atoms with Crippen LogP contribution in [0.2, 0.25) is 0 Å². The Balaban J connectivity index is 2.13. The van der Waals surface area contributed by atoms with Gasteiger partial charge in [0.2, 0.25) is 0 Å². The molecule has 1 atom stereocenters. The smallest absolute Gasteiger partial charge is 0.121 e. The lowest BCUT2D eigenvalue weighted by molar-refractivity contribution is 0.133. The number of ether oxygens (including phenoxy) is 1. The monoisotopic (exact) mass is 202 g/mol. The van der Waals surface area contributed by atoms with Gasteiger partial charge in [0.15, 0.2) is 0 Å². The summed E-state index contributed by atoms with van der Waals surface area (Å²) in [6, 6.07) is 0. The van der Waals surface area contributed by atoms with Gasteiger partial charge in [-0.3, -0.25) is 0 Å². The third-order valence-corrected chi connectivity index (χ3v) is 3.24. The molecule has 3 heteroatoms. The van der Waals surface area contributed by atoms with Crippen LogP contribution in [0.3, 0.4) is 0 Å². The van der Waals surface area contributed by atoms with Crippen molar-refractivity contribution in [2.24, 2.45) is 5.92 Å². The molecule has 1 rings (SSSR count). The Morgan fingerprint density at radius 1 is 1.54 bits per heavy atom. The van der Waals surface area contributed by atoms with Gasteiger partial charge in [0.1, 0.15) is 11.9 Å². The van der Waals surface area contributed by atoms with Crippen LogP contribution in [0.1, 0.15) is 20.3 Å². The van der Waals surface area contributed by atoms with Crippen molar-refractivity contribution in [3.8, 4) is 0 Å². The highest BCUT2D eigenvalue weighted by atomic mass is 32.2. The van der Waals surface area contributed by atoms with Crippen LogP contribution in [0, 0.1) is 5.92 Å². The second-order valence-electron chi connectivity index (χ2n) is 3.69. The zero-order chi connectivity index (χ0) is 9.68. The fourth-order valence-electron chi connectivity index (χ4n) is 1.17. The molecular weight excluding hydrogens is 184 g/mol. The first kappa shape index (κ1) is 10.9. The molecule has 0 aromatic heterocycles. The van der Waals surface area contributed by atoms with Crippen LogP contribution in [0.25, 0.3) is 0 Å². The number of thioether (sulfide) groups is 1. The average Bonchev–Trinajstić information content (AvgIpc) is 2.55. The van der Waals surface area contributed by atoms with Crippen molar-refractivity contribution in [2.45, 2.75) is 26.4 Å². The van der Waals surface area contributed by atoms with Crippen LogP contribution in [-0.2, 0) is 4.74 Å². The van der Waals surface area contributed by atoms with Gasteiger partial charge in [-0.1, -0.05) is 13.8 Å². The second kappa shape index (κ2) is 5.55. The molecule has 0 saturated heterocycles. The van der Waals surface area contributed by atoms with Crippen molar-refractivity contribution in [3.63, 3.8) is 0 Å². The molecule has 1 unspecified atom stereocenters. The first-order valence-electron chi connectivity index (χ1n) is 4.79. The maximum Gasteiger partial charge on any atom is 0.121 e. The molecule has 1 aliphatic heterocycles. The van der Waals surface area contributed by atoms with Crippen molar-refractivity contribution in [3.05, 3.63) is 11.8 Å². The van der Waals surface area contributed by atoms with E-state index in [1.54, 1.807) is 11.8 Å². The normalized spacial score (nSPS) is 18.6. The van der Waals surface area contributed by atoms with Crippen molar-refractivity contribution in [2.75, 3.05) is 18.1 Å². The zero-order valence-electron chi connectivity index (χ0n) is 8.32. The van der Waals surface area contributed by atoms with E-state index in [1.165, 1.54) is 0 Å². The van der Waals surface area contributed by atoms with E-state index in [0.29, 0.717) is 5.92 Å². The van der Waals surface area contributed by atoms with Gasteiger partial charge in [0.05, 0.1) is 6.61 Å². The minimum absolute atomic E-state index is 0.397. The molecular formula is C10H18O2S. The summed E-state index contributed by atoms with van der Waals surface area (Å²) in [4.78, 5) is 0. The van der Waals surface area contributed by atoms with Gasteiger partial charge >= 0.3 is 0 Å². The second-order valence-corrected chi connectivity index (χ2v) is 4.77. The third-order valence-electron chi connectivity index (χ3n) is 1.79. The lowest BCUT2D eigenvalue weighted by Gasteiger charge is -2.12. The molecule has 0 spiro atoms. The van der Waals surface area contributed by atoms with Gasteiger partial charge < -0.3 is 9.84 Å². The van der Waals surface area contributed by atoms with Gasteiger partial charge in [-0.25, -0.2) is 0 Å². The van der Waals surface area contributed by atoms with E-state index in [4.69, 9.17) is 4.74 Å². The minimum Gasteiger partial charge on any atom is -0.495 e. The molecule has 0 aromatic carbocycles. The van der Waals surface area contributed by atoms with Gasteiger partial charge in [0.25, 0.3) is 0 Å². The van der Waals surface area contributed by atoms with Crippen LogP contribution in [0.15, 0.2) is 11.8 Å². The number of hydrogen-bond donors (Lipinski definition) is 1. The molecule has 0 aliphatic carbocycles. The molecule has 13 heavy (non-hydrogen) atoms. The maximum atomic E-state index is 9.65. The van der Waals surface area contributed by atoms with Crippen LogP contribution in [0.5, 0.6) is 0 Å². The molecule has 0 amide bonds. The van der Waals surface area contributed by atoms with Crippen LogP contribution in [0.4, 0.5) is 0 Å². The molecule has 2 nitrogen and oxygen atoms in total. The largest absolute Gasteiger partial charge is 0.495 e. The summed E-state index contributed by atoms with van der Waals surface area (Å²) in [6.07, 6.45) is 2.54. The first-order chi connectivity index (χ1) is 6.20. The lowest BCUT2D eigenvalue weighted by atomic mass is 10.3. The predicted octanol–water partition coefficient (Wildman–Crippen LogP) is 2.04. The summed E-state index contributed by atoms with van der Waals surface area (Å²) in [5.41, 5.74) is 0. The quantitative estimate of drug-likeness (QED) is 0.740. The average molecular weight is 202 g/mol. The Morgan fingerprint density at radius 3 is 2.85 bits per heavy atom. The van der Waals surface area contributed by atoms with Crippen molar-refractivity contribution in [1.82, 2.24) is 0 Å². The Labute approximate surface area is 84.4 Å². The van der Waals surface area contributed by atoms with Crippen molar-refractivity contribution in [1.29, 1.82) is 0 Å². The molecule has 0 radical (unpaired) electrons. The van der Waals surface area contributed by atoms with E-state index >= 15 is 0 Å². The SMILES string of the molecule is CC(C)CSCC(O)C1=CCCO1. The molecule has 0 aromatic rings. The van der Waals surface area contributed by atoms with E-state index in [1.807, 2.05) is 6.08 Å². The van der Waals surface area contributed by atoms with E-state index < -0.39 is 6.10 Å². The standard InChI is InChI=1S/C10H18O2S/c1-8(2)6-13-7-9(11)10-4-3-5-12-10/h4,8-9,11H,3,5-7H2,1-2H3. The fraction of sp³-hybridized carbons (Fsp3) is 0.800. The summed E-state index contributed by atoms with van der Waals surface area (Å²) < 4.78 is 5.27. The van der Waals surface area contributed by atoms with Crippen LogP contribution < -0.4 is 0 Å². The summed E-state index contributed by atoms with van der Waals surface area (Å²) in [5, 5.41) is 9.65. The van der Waals surface area contributed by atoms with Gasteiger partial charge in [-0.05, 0) is 17.7 Å². The molecule has 1 heterocycles.